The SMILES string of the molecule is Cc1c(-c2ccccc2)c(Cl)n2cc(C(C)C)nc2c1C#N. The van der Waals surface area contributed by atoms with Crippen molar-refractivity contribution in [2.75, 3.05) is 0 Å². The molecule has 0 aliphatic carbocycles. The number of imidazole rings is 1. The van der Waals surface area contributed by atoms with E-state index in [2.05, 4.69) is 24.9 Å². The van der Waals surface area contributed by atoms with Gasteiger partial charge >= 0.3 is 0 Å². The van der Waals surface area contributed by atoms with Gasteiger partial charge in [-0.05, 0) is 24.0 Å². The Bertz CT molecular complexity index is 886. The third-order valence-corrected chi connectivity index (χ3v) is 4.25. The Morgan fingerprint density at radius 2 is 1.91 bits per heavy atom. The molecule has 0 aliphatic rings. The molecule has 0 bridgehead atoms. The Labute approximate surface area is 134 Å². The molecule has 0 fully saturated rings. The number of rotatable bonds is 2. The second-order valence-electron chi connectivity index (χ2n) is 5.66. The third-order valence-electron chi connectivity index (χ3n) is 3.88. The molecule has 0 saturated heterocycles. The first-order valence-electron chi connectivity index (χ1n) is 7.21. The first kappa shape index (κ1) is 14.6. The molecule has 3 aromatic rings. The number of nitriles is 1. The van der Waals surface area contributed by atoms with E-state index in [1.807, 2.05) is 47.9 Å². The normalized spacial score (nSPS) is 11.1. The first-order chi connectivity index (χ1) is 10.5. The van der Waals surface area contributed by atoms with Crippen LogP contribution in [0.15, 0.2) is 36.5 Å². The average Bonchev–Trinajstić information content (AvgIpc) is 2.94. The topological polar surface area (TPSA) is 41.1 Å². The Balaban J connectivity index is 2.42. The number of pyridine rings is 1. The molecule has 22 heavy (non-hydrogen) atoms. The Morgan fingerprint density at radius 3 is 2.50 bits per heavy atom. The lowest BCUT2D eigenvalue weighted by Gasteiger charge is -2.12. The van der Waals surface area contributed by atoms with E-state index in [4.69, 9.17) is 11.6 Å². The number of fused-ring (bicyclic) bond motifs is 1. The minimum absolute atomic E-state index is 0.281. The maximum absolute atomic E-state index is 9.58. The smallest absolute Gasteiger partial charge is 0.156 e. The van der Waals surface area contributed by atoms with E-state index >= 15 is 0 Å². The molecule has 0 spiro atoms. The van der Waals surface area contributed by atoms with E-state index < -0.39 is 0 Å². The highest BCUT2D eigenvalue weighted by molar-refractivity contribution is 6.32. The fourth-order valence-corrected chi connectivity index (χ4v) is 3.02. The van der Waals surface area contributed by atoms with Crippen LogP contribution in [0.5, 0.6) is 0 Å². The van der Waals surface area contributed by atoms with Crippen LogP contribution in [-0.2, 0) is 0 Å². The summed E-state index contributed by atoms with van der Waals surface area (Å²) < 4.78 is 1.82. The number of hydrogen-bond acceptors (Lipinski definition) is 2. The van der Waals surface area contributed by atoms with Gasteiger partial charge in [-0.3, -0.25) is 4.40 Å². The molecule has 3 rings (SSSR count). The van der Waals surface area contributed by atoms with Gasteiger partial charge in [-0.15, -0.1) is 0 Å². The predicted octanol–water partition coefficient (Wildman–Crippen LogP) is 4.96. The molecule has 4 heteroatoms. The van der Waals surface area contributed by atoms with Gasteiger partial charge in [0.2, 0.25) is 0 Å². The van der Waals surface area contributed by atoms with E-state index in [0.29, 0.717) is 16.4 Å². The largest absolute Gasteiger partial charge is 0.288 e. The molecule has 1 aromatic carbocycles. The molecule has 3 nitrogen and oxygen atoms in total. The molecule has 0 unspecified atom stereocenters. The highest BCUT2D eigenvalue weighted by Crippen LogP contribution is 2.35. The molecule has 0 N–H and O–H groups in total. The summed E-state index contributed by atoms with van der Waals surface area (Å²) in [5.74, 6) is 0.281. The van der Waals surface area contributed by atoms with Gasteiger partial charge < -0.3 is 0 Å². The first-order valence-corrected chi connectivity index (χ1v) is 7.59. The monoisotopic (exact) mass is 309 g/mol. The highest BCUT2D eigenvalue weighted by atomic mass is 35.5. The standard InChI is InChI=1S/C18H16ClN3/c1-11(2)15-10-22-17(19)16(13-7-5-4-6-8-13)12(3)14(9-20)18(22)21-15/h4-8,10-11H,1-3H3. The van der Waals surface area contributed by atoms with Crippen molar-refractivity contribution in [2.45, 2.75) is 26.7 Å². The second kappa shape index (κ2) is 5.47. The van der Waals surface area contributed by atoms with Gasteiger partial charge in [0.1, 0.15) is 11.2 Å². The van der Waals surface area contributed by atoms with Crippen LogP contribution in [0.4, 0.5) is 0 Å². The number of hydrogen-bond donors (Lipinski definition) is 0. The van der Waals surface area contributed by atoms with Gasteiger partial charge in [-0.25, -0.2) is 4.98 Å². The highest BCUT2D eigenvalue weighted by Gasteiger charge is 2.19. The van der Waals surface area contributed by atoms with Crippen LogP contribution >= 0.6 is 11.6 Å². The van der Waals surface area contributed by atoms with Gasteiger partial charge in [0.05, 0.1) is 11.3 Å². The van der Waals surface area contributed by atoms with Crippen LogP contribution in [0.1, 0.15) is 36.6 Å². The molecular weight excluding hydrogens is 294 g/mol. The molecular formula is C18H16ClN3. The maximum atomic E-state index is 9.58. The molecule has 0 amide bonds. The van der Waals surface area contributed by atoms with Crippen molar-refractivity contribution < 1.29 is 0 Å². The lowest BCUT2D eigenvalue weighted by molar-refractivity contribution is 0.834. The van der Waals surface area contributed by atoms with Gasteiger partial charge in [0, 0.05) is 11.8 Å². The van der Waals surface area contributed by atoms with Crippen LogP contribution in [0.25, 0.3) is 16.8 Å². The zero-order valence-electron chi connectivity index (χ0n) is 12.8. The van der Waals surface area contributed by atoms with E-state index in [9.17, 15) is 5.26 Å². The van der Waals surface area contributed by atoms with Crippen LogP contribution in [0.3, 0.4) is 0 Å². The minimum atomic E-state index is 0.281. The predicted molar refractivity (Wildman–Crippen MR) is 89.2 cm³/mol. The van der Waals surface area contributed by atoms with E-state index in [1.165, 1.54) is 0 Å². The van der Waals surface area contributed by atoms with E-state index in [-0.39, 0.29) is 5.92 Å². The summed E-state index contributed by atoms with van der Waals surface area (Å²) in [5, 5.41) is 10.2. The fourth-order valence-electron chi connectivity index (χ4n) is 2.64. The summed E-state index contributed by atoms with van der Waals surface area (Å²) >= 11 is 6.64. The van der Waals surface area contributed by atoms with Crippen LogP contribution in [0.2, 0.25) is 5.15 Å². The lowest BCUT2D eigenvalue weighted by Crippen LogP contribution is -1.98. The van der Waals surface area contributed by atoms with Gasteiger partial charge in [0.15, 0.2) is 5.65 Å². The summed E-state index contributed by atoms with van der Waals surface area (Å²) in [7, 11) is 0. The van der Waals surface area contributed by atoms with Gasteiger partial charge in [0.25, 0.3) is 0 Å². The average molecular weight is 310 g/mol. The Morgan fingerprint density at radius 1 is 1.23 bits per heavy atom. The molecule has 0 radical (unpaired) electrons. The molecule has 2 aromatic heterocycles. The zero-order valence-corrected chi connectivity index (χ0v) is 13.5. The number of benzene rings is 1. The van der Waals surface area contributed by atoms with Crippen molar-refractivity contribution in [3.63, 3.8) is 0 Å². The van der Waals surface area contributed by atoms with Crippen molar-refractivity contribution in [2.24, 2.45) is 0 Å². The number of nitrogens with zero attached hydrogens (tertiary/aromatic N) is 3. The molecule has 110 valence electrons. The maximum Gasteiger partial charge on any atom is 0.156 e. The molecule has 0 atom stereocenters. The van der Waals surface area contributed by atoms with Crippen LogP contribution in [0, 0.1) is 18.3 Å². The number of aromatic nitrogens is 2. The van der Waals surface area contributed by atoms with Crippen molar-refractivity contribution in [1.82, 2.24) is 9.38 Å². The van der Waals surface area contributed by atoms with Gasteiger partial charge in [-0.1, -0.05) is 55.8 Å². The van der Waals surface area contributed by atoms with Crippen molar-refractivity contribution in [3.05, 3.63) is 58.5 Å². The Kier molecular flexibility index (Phi) is 3.64. The zero-order chi connectivity index (χ0) is 15.9. The lowest BCUT2D eigenvalue weighted by atomic mass is 9.99. The quantitative estimate of drug-likeness (QED) is 0.628. The van der Waals surface area contributed by atoms with E-state index in [0.717, 1.165) is 22.4 Å². The fraction of sp³-hybridized carbons (Fsp3) is 0.222. The molecule has 0 aliphatic heterocycles. The minimum Gasteiger partial charge on any atom is -0.288 e. The van der Waals surface area contributed by atoms with Crippen LogP contribution < -0.4 is 0 Å². The molecule has 2 heterocycles. The summed E-state index contributed by atoms with van der Waals surface area (Å²) in [6, 6.07) is 12.2. The van der Waals surface area contributed by atoms with E-state index in [1.54, 1.807) is 0 Å². The van der Waals surface area contributed by atoms with Crippen molar-refractivity contribution in [1.29, 1.82) is 5.26 Å². The second-order valence-corrected chi connectivity index (χ2v) is 6.02. The van der Waals surface area contributed by atoms with Crippen molar-refractivity contribution in [3.8, 4) is 17.2 Å². The summed E-state index contributed by atoms with van der Waals surface area (Å²) in [6.45, 7) is 6.08. The number of halogens is 1. The third kappa shape index (κ3) is 2.17. The van der Waals surface area contributed by atoms with Gasteiger partial charge in [-0.2, -0.15) is 5.26 Å². The summed E-state index contributed by atoms with van der Waals surface area (Å²) in [6.07, 6.45) is 1.93. The molecule has 0 saturated carbocycles. The Hall–Kier alpha value is -2.31. The summed E-state index contributed by atoms with van der Waals surface area (Å²) in [5.41, 5.74) is 4.90. The van der Waals surface area contributed by atoms with Crippen molar-refractivity contribution >= 4 is 17.2 Å². The van der Waals surface area contributed by atoms with Crippen LogP contribution in [-0.4, -0.2) is 9.38 Å². The summed E-state index contributed by atoms with van der Waals surface area (Å²) in [4.78, 5) is 4.60.